The van der Waals surface area contributed by atoms with Gasteiger partial charge in [0.1, 0.15) is 0 Å². The number of rotatable bonds is 1. The molecule has 1 aromatic rings. The number of carbonyl (C=O) groups is 1. The number of hydrogen-bond donors (Lipinski definition) is 0. The Labute approximate surface area is 121 Å². The fourth-order valence-corrected chi connectivity index (χ4v) is 4.64. The van der Waals surface area contributed by atoms with Gasteiger partial charge in [0.15, 0.2) is 5.78 Å². The number of ketones is 1. The Bertz CT molecular complexity index is 610. The number of hydrogen-bond acceptors (Lipinski definition) is 1. The van der Waals surface area contributed by atoms with E-state index < -0.39 is 0 Å². The zero-order valence-corrected chi connectivity index (χ0v) is 12.4. The van der Waals surface area contributed by atoms with Crippen molar-refractivity contribution in [3.05, 3.63) is 47.0 Å². The minimum atomic E-state index is -0.0498. The van der Waals surface area contributed by atoms with Crippen LogP contribution in [0, 0.1) is 17.3 Å². The SMILES string of the molecule is CC(C)c1ccc2c(c1)CCC1(CC3C=CC1C3)C2=O. The molecule has 1 saturated carbocycles. The molecule has 1 nitrogen and oxygen atoms in total. The average molecular weight is 266 g/mol. The van der Waals surface area contributed by atoms with Crippen LogP contribution in [0.25, 0.3) is 0 Å². The van der Waals surface area contributed by atoms with Gasteiger partial charge in [-0.25, -0.2) is 0 Å². The highest BCUT2D eigenvalue weighted by Gasteiger charge is 2.54. The van der Waals surface area contributed by atoms with Gasteiger partial charge in [0.25, 0.3) is 0 Å². The van der Waals surface area contributed by atoms with Gasteiger partial charge in [0, 0.05) is 11.0 Å². The van der Waals surface area contributed by atoms with Crippen LogP contribution >= 0.6 is 0 Å². The first-order valence-corrected chi connectivity index (χ1v) is 7.96. The Morgan fingerprint density at radius 3 is 2.75 bits per heavy atom. The van der Waals surface area contributed by atoms with E-state index in [1.165, 1.54) is 17.5 Å². The Morgan fingerprint density at radius 1 is 1.25 bits per heavy atom. The van der Waals surface area contributed by atoms with Crippen molar-refractivity contribution in [1.82, 2.24) is 0 Å². The molecule has 0 heterocycles. The lowest BCUT2D eigenvalue weighted by atomic mass is 9.63. The lowest BCUT2D eigenvalue weighted by molar-refractivity contribution is 0.0702. The number of Topliss-reactive ketones (excluding diaryl/α,β-unsaturated/α-hetero) is 1. The van der Waals surface area contributed by atoms with E-state index in [0.29, 0.717) is 23.5 Å². The van der Waals surface area contributed by atoms with Gasteiger partial charge in [-0.3, -0.25) is 4.79 Å². The first-order chi connectivity index (χ1) is 9.60. The summed E-state index contributed by atoms with van der Waals surface area (Å²) in [6.07, 6.45) is 9.11. The number of aryl methyl sites for hydroxylation is 1. The van der Waals surface area contributed by atoms with Crippen molar-refractivity contribution in [3.8, 4) is 0 Å². The summed E-state index contributed by atoms with van der Waals surface area (Å²) >= 11 is 0. The van der Waals surface area contributed by atoms with Gasteiger partial charge < -0.3 is 0 Å². The Balaban J connectivity index is 1.75. The zero-order valence-electron chi connectivity index (χ0n) is 12.4. The third-order valence-corrected chi connectivity index (χ3v) is 5.84. The molecule has 3 aliphatic carbocycles. The highest BCUT2D eigenvalue weighted by molar-refractivity contribution is 6.03. The van der Waals surface area contributed by atoms with Crippen LogP contribution in [0.2, 0.25) is 0 Å². The molecule has 0 amide bonds. The van der Waals surface area contributed by atoms with Crippen molar-refractivity contribution < 1.29 is 4.79 Å². The molecule has 0 aromatic heterocycles. The maximum Gasteiger partial charge on any atom is 0.169 e. The van der Waals surface area contributed by atoms with Crippen molar-refractivity contribution in [2.24, 2.45) is 17.3 Å². The van der Waals surface area contributed by atoms with Crippen molar-refractivity contribution in [3.63, 3.8) is 0 Å². The second-order valence-electron chi connectivity index (χ2n) is 7.25. The topological polar surface area (TPSA) is 17.1 Å². The summed E-state index contributed by atoms with van der Waals surface area (Å²) in [5, 5.41) is 0. The van der Waals surface area contributed by atoms with E-state index in [0.717, 1.165) is 24.8 Å². The predicted octanol–water partition coefficient (Wildman–Crippen LogP) is 4.52. The van der Waals surface area contributed by atoms with Crippen LogP contribution < -0.4 is 0 Å². The zero-order chi connectivity index (χ0) is 13.9. The molecular weight excluding hydrogens is 244 g/mol. The van der Waals surface area contributed by atoms with Crippen molar-refractivity contribution >= 4 is 5.78 Å². The maximum absolute atomic E-state index is 13.1. The molecule has 4 rings (SSSR count). The Hall–Kier alpha value is -1.37. The van der Waals surface area contributed by atoms with Crippen LogP contribution in [0.4, 0.5) is 0 Å². The van der Waals surface area contributed by atoms with Crippen LogP contribution in [-0.2, 0) is 6.42 Å². The molecule has 0 radical (unpaired) electrons. The van der Waals surface area contributed by atoms with Gasteiger partial charge >= 0.3 is 0 Å². The monoisotopic (exact) mass is 266 g/mol. The molecule has 0 aliphatic heterocycles. The Morgan fingerprint density at radius 2 is 2.10 bits per heavy atom. The molecule has 3 unspecified atom stereocenters. The van der Waals surface area contributed by atoms with E-state index in [-0.39, 0.29) is 5.41 Å². The molecule has 1 fully saturated rings. The van der Waals surface area contributed by atoms with Crippen LogP contribution in [0.15, 0.2) is 30.4 Å². The molecule has 3 atom stereocenters. The second-order valence-corrected chi connectivity index (χ2v) is 7.25. The third-order valence-electron chi connectivity index (χ3n) is 5.84. The van der Waals surface area contributed by atoms with Crippen LogP contribution in [0.3, 0.4) is 0 Å². The number of carbonyl (C=O) groups excluding carboxylic acids is 1. The molecule has 20 heavy (non-hydrogen) atoms. The van der Waals surface area contributed by atoms with Gasteiger partial charge in [-0.1, -0.05) is 44.2 Å². The van der Waals surface area contributed by atoms with Crippen LogP contribution in [-0.4, -0.2) is 5.78 Å². The molecule has 1 spiro atoms. The summed E-state index contributed by atoms with van der Waals surface area (Å²) < 4.78 is 0. The fourth-order valence-electron chi connectivity index (χ4n) is 4.64. The largest absolute Gasteiger partial charge is 0.294 e. The van der Waals surface area contributed by atoms with Crippen molar-refractivity contribution in [2.75, 3.05) is 0 Å². The van der Waals surface area contributed by atoms with E-state index in [2.05, 4.69) is 44.2 Å². The van der Waals surface area contributed by atoms with Gasteiger partial charge in [0.05, 0.1) is 0 Å². The molecular formula is C19H22O. The lowest BCUT2D eigenvalue weighted by Gasteiger charge is -2.38. The highest BCUT2D eigenvalue weighted by atomic mass is 16.1. The summed E-state index contributed by atoms with van der Waals surface area (Å²) in [5.41, 5.74) is 3.62. The highest BCUT2D eigenvalue weighted by Crippen LogP contribution is 2.57. The van der Waals surface area contributed by atoms with Gasteiger partial charge in [0.2, 0.25) is 0 Å². The molecule has 1 heteroatoms. The van der Waals surface area contributed by atoms with E-state index in [9.17, 15) is 4.79 Å². The van der Waals surface area contributed by atoms with E-state index in [1.54, 1.807) is 0 Å². The normalized spacial score (nSPS) is 34.2. The van der Waals surface area contributed by atoms with Gasteiger partial charge in [-0.15, -0.1) is 0 Å². The minimum absolute atomic E-state index is 0.0498. The Kier molecular flexibility index (Phi) is 2.52. The second kappa shape index (κ2) is 4.07. The maximum atomic E-state index is 13.1. The van der Waals surface area contributed by atoms with Crippen molar-refractivity contribution in [1.29, 1.82) is 0 Å². The van der Waals surface area contributed by atoms with Gasteiger partial charge in [-0.2, -0.15) is 0 Å². The quantitative estimate of drug-likeness (QED) is 0.683. The summed E-state index contributed by atoms with van der Waals surface area (Å²) in [4.78, 5) is 13.1. The molecule has 1 aromatic carbocycles. The van der Waals surface area contributed by atoms with E-state index in [4.69, 9.17) is 0 Å². The minimum Gasteiger partial charge on any atom is -0.294 e. The first-order valence-electron chi connectivity index (χ1n) is 7.96. The third kappa shape index (κ3) is 1.52. The molecule has 104 valence electrons. The van der Waals surface area contributed by atoms with Crippen LogP contribution in [0.1, 0.15) is 60.5 Å². The van der Waals surface area contributed by atoms with Crippen LogP contribution in [0.5, 0.6) is 0 Å². The smallest absolute Gasteiger partial charge is 0.169 e. The fraction of sp³-hybridized carbons (Fsp3) is 0.526. The summed E-state index contributed by atoms with van der Waals surface area (Å²) in [7, 11) is 0. The van der Waals surface area contributed by atoms with Crippen molar-refractivity contribution in [2.45, 2.75) is 45.4 Å². The van der Waals surface area contributed by atoms with E-state index >= 15 is 0 Å². The summed E-state index contributed by atoms with van der Waals surface area (Å²) in [5.74, 6) is 2.15. The molecule has 0 N–H and O–H groups in total. The number of allylic oxidation sites excluding steroid dienone is 2. The standard InChI is InChI=1S/C19H22O/c1-12(2)14-4-6-17-15(10-14)7-8-19(18(17)20)11-13-3-5-16(19)9-13/h3-6,10,12-13,16H,7-9,11H2,1-2H3. The van der Waals surface area contributed by atoms with E-state index in [1.807, 2.05) is 0 Å². The average Bonchev–Trinajstić information content (AvgIpc) is 3.04. The number of benzene rings is 1. The number of fused-ring (bicyclic) bond motifs is 4. The molecule has 3 aliphatic rings. The predicted molar refractivity (Wildman–Crippen MR) is 81.0 cm³/mol. The van der Waals surface area contributed by atoms with Gasteiger partial charge in [-0.05, 0) is 54.6 Å². The summed E-state index contributed by atoms with van der Waals surface area (Å²) in [6.45, 7) is 4.43. The first kappa shape index (κ1) is 12.4. The molecule has 2 bridgehead atoms. The summed E-state index contributed by atoms with van der Waals surface area (Å²) in [6, 6.07) is 6.53. The lowest BCUT2D eigenvalue weighted by Crippen LogP contribution is -2.39. The molecule has 0 saturated heterocycles.